The van der Waals surface area contributed by atoms with E-state index in [4.69, 9.17) is 4.76 Å². The normalized spacial score (nSPS) is 10.9. The average molecular weight is 166 g/mol. The van der Waals surface area contributed by atoms with Crippen LogP contribution in [0.4, 0.5) is 0 Å². The van der Waals surface area contributed by atoms with Gasteiger partial charge in [0.15, 0.2) is 0 Å². The molecule has 0 N–H and O–H groups in total. The van der Waals surface area contributed by atoms with Gasteiger partial charge in [-0.25, -0.2) is 0 Å². The first-order valence-electron chi connectivity index (χ1n) is 3.98. The van der Waals surface area contributed by atoms with Crippen molar-refractivity contribution < 1.29 is 13.9 Å². The second-order valence-electron chi connectivity index (χ2n) is 3.78. The van der Waals surface area contributed by atoms with Crippen molar-refractivity contribution in [1.29, 1.82) is 0 Å². The summed E-state index contributed by atoms with van der Waals surface area (Å²) >= 11 is 0. The number of quaternary nitrogens is 1. The van der Waals surface area contributed by atoms with Crippen molar-refractivity contribution in [1.82, 2.24) is 0 Å². The molecule has 1 aromatic rings. The van der Waals surface area contributed by atoms with Gasteiger partial charge in [0.05, 0.1) is 21.1 Å². The molecule has 0 fully saturated rings. The summed E-state index contributed by atoms with van der Waals surface area (Å²) in [5.74, 6) is 0. The Morgan fingerprint density at radius 1 is 1.08 bits per heavy atom. The molecule has 0 spiro atoms. The summed E-state index contributed by atoms with van der Waals surface area (Å²) in [7, 11) is 6.92. The van der Waals surface area contributed by atoms with E-state index in [1.54, 1.807) is 4.73 Å². The molecule has 0 saturated carbocycles. The number of hydrogen-bond acceptors (Lipinski definition) is 1. The first-order valence-corrected chi connectivity index (χ1v) is 3.98. The molecule has 0 saturated heterocycles. The van der Waals surface area contributed by atoms with Crippen LogP contribution in [0.3, 0.4) is 0 Å². The Morgan fingerprint density at radius 3 is 2.17 bits per heavy atom. The van der Waals surface area contributed by atoms with E-state index in [0.29, 0.717) is 7.62 Å². The molecule has 3 nitrogen and oxygen atoms in total. The van der Waals surface area contributed by atoms with E-state index in [-0.39, 0.29) is 0 Å². The molecule has 1 rings (SSSR count). The van der Waals surface area contributed by atoms with E-state index in [1.165, 1.54) is 0 Å². The fourth-order valence-corrected chi connectivity index (χ4v) is 0.709. The van der Waals surface area contributed by atoms with Crippen LogP contribution in [0.1, 0.15) is 0 Å². The second kappa shape index (κ2) is 3.58. The number of hydrogen-bond donors (Lipinski definition) is 0. The minimum Gasteiger partial charge on any atom is -0.361 e. The molecular weight excluding hydrogens is 151 g/mol. The molecule has 12 heavy (non-hydrogen) atoms. The van der Waals surface area contributed by atoms with E-state index in [9.17, 15) is 0 Å². The highest BCUT2D eigenvalue weighted by Gasteiger charge is 2.18. The first-order chi connectivity index (χ1) is 5.58. The van der Waals surface area contributed by atoms with Gasteiger partial charge in [-0.15, -0.1) is 0 Å². The third-order valence-electron chi connectivity index (χ3n) is 1.28. The first kappa shape index (κ1) is 9.07. The third-order valence-corrected chi connectivity index (χ3v) is 1.28. The Bertz CT molecular complexity index is 233. The van der Waals surface area contributed by atoms with Crippen LogP contribution in [0.5, 0.6) is 0 Å². The van der Waals surface area contributed by atoms with Gasteiger partial charge in [-0.1, -0.05) is 6.07 Å². The van der Waals surface area contributed by atoms with E-state index in [0.717, 1.165) is 4.39 Å². The Hall–Kier alpha value is -1.03. The number of aromatic nitrogens is 1. The Balaban J connectivity index is 2.44. The number of nitrogens with zero attached hydrogens (tertiary/aromatic N) is 2. The van der Waals surface area contributed by atoms with Crippen molar-refractivity contribution in [2.24, 2.45) is 0 Å². The summed E-state index contributed by atoms with van der Waals surface area (Å²) in [5, 5.41) is 0. The van der Waals surface area contributed by atoms with Gasteiger partial charge in [0.25, 0.3) is 0 Å². The highest BCUT2D eigenvalue weighted by Crippen LogP contribution is 1.82. The predicted molar refractivity (Wildman–Crippen MR) is 48.4 cm³/mol. The lowest BCUT2D eigenvalue weighted by molar-refractivity contribution is -0.887. The second-order valence-corrected chi connectivity index (χ2v) is 3.78. The van der Waals surface area contributed by atoms with Crippen LogP contribution in [0.2, 0.25) is 0 Å². The maximum atomic E-state index is 5.46. The SMILES string of the molecule is C[N+](C)(C)BO[n+]1ccccc1. The van der Waals surface area contributed by atoms with Gasteiger partial charge in [-0.3, -0.25) is 4.76 Å². The van der Waals surface area contributed by atoms with Gasteiger partial charge < -0.3 is 4.39 Å². The molecule has 0 aromatic carbocycles. The van der Waals surface area contributed by atoms with Crippen LogP contribution in [-0.2, 0) is 0 Å². The topological polar surface area (TPSA) is 13.1 Å². The monoisotopic (exact) mass is 166 g/mol. The zero-order chi connectivity index (χ0) is 9.03. The molecule has 0 bridgehead atoms. The minimum absolute atomic E-state index is 0.661. The lowest BCUT2D eigenvalue weighted by Crippen LogP contribution is -2.53. The summed E-state index contributed by atoms with van der Waals surface area (Å²) in [5.41, 5.74) is 0. The average Bonchev–Trinajstić information content (AvgIpc) is 2.02. The van der Waals surface area contributed by atoms with Gasteiger partial charge in [0.1, 0.15) is 0 Å². The van der Waals surface area contributed by atoms with Crippen LogP contribution < -0.4 is 9.49 Å². The molecule has 0 aliphatic rings. The molecule has 64 valence electrons. The molecule has 1 aromatic heterocycles. The van der Waals surface area contributed by atoms with Crippen LogP contribution in [0.15, 0.2) is 30.6 Å². The van der Waals surface area contributed by atoms with Gasteiger partial charge in [0.2, 0.25) is 12.4 Å². The summed E-state index contributed by atoms with van der Waals surface area (Å²) in [6.07, 6.45) is 3.77. The quantitative estimate of drug-likeness (QED) is 0.430. The zero-order valence-electron chi connectivity index (χ0n) is 7.90. The van der Waals surface area contributed by atoms with Crippen molar-refractivity contribution in [2.75, 3.05) is 21.1 Å². The van der Waals surface area contributed by atoms with E-state index >= 15 is 0 Å². The summed E-state index contributed by atoms with van der Waals surface area (Å²) in [4.78, 5) is 0. The fraction of sp³-hybridized carbons (Fsp3) is 0.375. The van der Waals surface area contributed by atoms with Crippen molar-refractivity contribution in [3.8, 4) is 0 Å². The summed E-state index contributed by atoms with van der Waals surface area (Å²) < 4.78 is 7.96. The van der Waals surface area contributed by atoms with Crippen molar-refractivity contribution in [3.63, 3.8) is 0 Å². The molecule has 0 atom stereocenters. The molecule has 0 aliphatic carbocycles. The minimum atomic E-state index is 0.661. The summed E-state index contributed by atoms with van der Waals surface area (Å²) in [6, 6.07) is 5.84. The lowest BCUT2D eigenvalue weighted by atomic mass is 10.2. The van der Waals surface area contributed by atoms with E-state index < -0.39 is 0 Å². The lowest BCUT2D eigenvalue weighted by Gasteiger charge is -2.18. The highest BCUT2D eigenvalue weighted by molar-refractivity contribution is 6.16. The van der Waals surface area contributed by atoms with Crippen LogP contribution in [0.25, 0.3) is 0 Å². The largest absolute Gasteiger partial charge is 0.689 e. The van der Waals surface area contributed by atoms with Gasteiger partial charge >= 0.3 is 7.62 Å². The van der Waals surface area contributed by atoms with Gasteiger partial charge in [0, 0.05) is 12.1 Å². The van der Waals surface area contributed by atoms with E-state index in [1.807, 2.05) is 30.6 Å². The zero-order valence-corrected chi connectivity index (χ0v) is 7.90. The molecule has 0 unspecified atom stereocenters. The maximum absolute atomic E-state index is 5.46. The molecule has 4 heteroatoms. The Kier molecular flexibility index (Phi) is 2.71. The number of rotatable bonds is 3. The third kappa shape index (κ3) is 3.39. The van der Waals surface area contributed by atoms with Gasteiger partial charge in [-0.05, 0) is 4.73 Å². The molecule has 0 radical (unpaired) electrons. The molecule has 1 heterocycles. The van der Waals surface area contributed by atoms with Crippen LogP contribution in [-0.4, -0.2) is 33.2 Å². The molecule has 0 amide bonds. The molecule has 0 aliphatic heterocycles. The maximum Gasteiger partial charge on any atom is 0.689 e. The standard InChI is InChI=1S/C8H15BN2O/c1-11(2,3)9-12-10-7-5-4-6-8-10/h4-9H,1-3H3/q+2. The molecular formula is C8H15BN2O+2. The van der Waals surface area contributed by atoms with Gasteiger partial charge in [-0.2, -0.15) is 0 Å². The number of pyridine rings is 1. The van der Waals surface area contributed by atoms with Crippen molar-refractivity contribution >= 4 is 7.62 Å². The van der Waals surface area contributed by atoms with E-state index in [2.05, 4.69) is 21.1 Å². The highest BCUT2D eigenvalue weighted by atomic mass is 16.6. The van der Waals surface area contributed by atoms with Crippen molar-refractivity contribution in [2.45, 2.75) is 0 Å². The van der Waals surface area contributed by atoms with Crippen molar-refractivity contribution in [3.05, 3.63) is 30.6 Å². The van der Waals surface area contributed by atoms with Crippen LogP contribution >= 0.6 is 0 Å². The fourth-order valence-electron chi connectivity index (χ4n) is 0.709. The predicted octanol–water partition coefficient (Wildman–Crippen LogP) is -0.625. The van der Waals surface area contributed by atoms with Crippen LogP contribution in [0, 0.1) is 0 Å². The Labute approximate surface area is 74.0 Å². The Morgan fingerprint density at radius 2 is 1.67 bits per heavy atom. The summed E-state index contributed by atoms with van der Waals surface area (Å²) in [6.45, 7) is 0. The smallest absolute Gasteiger partial charge is 0.361 e.